The first-order valence-corrected chi connectivity index (χ1v) is 8.79. The molecule has 0 aliphatic carbocycles. The molecule has 3 rings (SSSR count). The van der Waals surface area contributed by atoms with Gasteiger partial charge in [-0.2, -0.15) is 0 Å². The highest BCUT2D eigenvalue weighted by atomic mass is 32.1. The van der Waals surface area contributed by atoms with E-state index in [1.807, 2.05) is 11.4 Å². The Kier molecular flexibility index (Phi) is 5.35. The summed E-state index contributed by atoms with van der Waals surface area (Å²) < 4.78 is 13.5. The molecule has 1 amide bonds. The second-order valence-electron chi connectivity index (χ2n) is 5.74. The van der Waals surface area contributed by atoms with E-state index in [1.165, 1.54) is 17.4 Å². The summed E-state index contributed by atoms with van der Waals surface area (Å²) in [6.07, 6.45) is 5.37. The molecule has 6 heteroatoms. The van der Waals surface area contributed by atoms with E-state index in [4.69, 9.17) is 0 Å². The summed E-state index contributed by atoms with van der Waals surface area (Å²) in [6.45, 7) is 1.63. The third kappa shape index (κ3) is 4.36. The average Bonchev–Trinajstić information content (AvgIpc) is 3.06. The number of anilines is 1. The van der Waals surface area contributed by atoms with Crippen LogP contribution in [0.4, 0.5) is 9.52 Å². The molecule has 0 radical (unpaired) electrons. The molecule has 0 spiro atoms. The van der Waals surface area contributed by atoms with Gasteiger partial charge in [-0.1, -0.05) is 18.6 Å². The lowest BCUT2D eigenvalue weighted by atomic mass is 9.95. The molecule has 1 N–H and O–H groups in total. The number of rotatable bonds is 5. The van der Waals surface area contributed by atoms with Crippen molar-refractivity contribution in [2.24, 2.45) is 0 Å². The molecule has 1 aliphatic heterocycles. The zero-order valence-corrected chi connectivity index (χ0v) is 13.7. The molecule has 1 aromatic carbocycles. The van der Waals surface area contributed by atoms with Gasteiger partial charge in [-0.3, -0.25) is 9.69 Å². The molecule has 1 aliphatic rings. The molecule has 1 atom stereocenters. The molecular weight excluding hydrogens is 313 g/mol. The maximum Gasteiger partial charge on any atom is 0.227 e. The Hall–Kier alpha value is -1.79. The van der Waals surface area contributed by atoms with E-state index in [-0.39, 0.29) is 17.8 Å². The quantitative estimate of drug-likeness (QED) is 0.904. The van der Waals surface area contributed by atoms with Crippen molar-refractivity contribution in [1.82, 2.24) is 9.88 Å². The van der Waals surface area contributed by atoms with E-state index in [9.17, 15) is 9.18 Å². The van der Waals surface area contributed by atoms with E-state index >= 15 is 0 Å². The van der Waals surface area contributed by atoms with Gasteiger partial charge in [0.15, 0.2) is 5.13 Å². The van der Waals surface area contributed by atoms with E-state index in [1.54, 1.807) is 18.3 Å². The number of hydrogen-bond donors (Lipinski definition) is 1. The molecule has 2 heterocycles. The Balaban J connectivity index is 1.59. The van der Waals surface area contributed by atoms with Crippen LogP contribution in [0.1, 0.15) is 37.3 Å². The molecule has 1 saturated heterocycles. The maximum atomic E-state index is 13.5. The van der Waals surface area contributed by atoms with Crippen LogP contribution in [0.2, 0.25) is 0 Å². The smallest absolute Gasteiger partial charge is 0.227 e. The predicted molar refractivity (Wildman–Crippen MR) is 89.9 cm³/mol. The number of aromatic nitrogens is 1. The van der Waals surface area contributed by atoms with Crippen molar-refractivity contribution in [1.29, 1.82) is 0 Å². The van der Waals surface area contributed by atoms with Crippen molar-refractivity contribution in [3.05, 3.63) is 47.2 Å². The van der Waals surface area contributed by atoms with E-state index in [2.05, 4.69) is 15.2 Å². The van der Waals surface area contributed by atoms with E-state index in [0.29, 0.717) is 18.1 Å². The number of hydrogen-bond acceptors (Lipinski definition) is 4. The van der Waals surface area contributed by atoms with Gasteiger partial charge in [0.05, 0.1) is 0 Å². The minimum Gasteiger partial charge on any atom is -0.302 e. The van der Waals surface area contributed by atoms with Gasteiger partial charge in [-0.25, -0.2) is 9.37 Å². The van der Waals surface area contributed by atoms with Crippen LogP contribution in [-0.2, 0) is 4.79 Å². The largest absolute Gasteiger partial charge is 0.302 e. The van der Waals surface area contributed by atoms with Crippen molar-refractivity contribution >= 4 is 22.4 Å². The second-order valence-corrected chi connectivity index (χ2v) is 6.63. The van der Waals surface area contributed by atoms with Crippen LogP contribution in [-0.4, -0.2) is 28.9 Å². The fourth-order valence-electron chi connectivity index (χ4n) is 3.06. The number of benzene rings is 1. The van der Waals surface area contributed by atoms with E-state index in [0.717, 1.165) is 31.4 Å². The summed E-state index contributed by atoms with van der Waals surface area (Å²) in [5.41, 5.74) is 1.00. The van der Waals surface area contributed by atoms with Crippen molar-refractivity contribution in [3.63, 3.8) is 0 Å². The molecule has 0 saturated carbocycles. The lowest BCUT2D eigenvalue weighted by Crippen LogP contribution is -2.35. The Morgan fingerprint density at radius 2 is 2.35 bits per heavy atom. The second kappa shape index (κ2) is 7.66. The van der Waals surface area contributed by atoms with Crippen LogP contribution >= 0.6 is 11.3 Å². The molecule has 1 fully saturated rings. The van der Waals surface area contributed by atoms with Gasteiger partial charge in [-0.05, 0) is 37.1 Å². The number of piperidine rings is 1. The first-order chi connectivity index (χ1) is 11.2. The Labute approximate surface area is 139 Å². The Morgan fingerprint density at radius 1 is 1.43 bits per heavy atom. The van der Waals surface area contributed by atoms with Gasteiger partial charge in [0.25, 0.3) is 0 Å². The number of carbonyl (C=O) groups is 1. The summed E-state index contributed by atoms with van der Waals surface area (Å²) >= 11 is 1.41. The summed E-state index contributed by atoms with van der Waals surface area (Å²) in [7, 11) is 0. The van der Waals surface area contributed by atoms with Crippen molar-refractivity contribution < 1.29 is 9.18 Å². The number of thiazole rings is 1. The maximum absolute atomic E-state index is 13.5. The van der Waals surface area contributed by atoms with Crippen molar-refractivity contribution in [3.8, 4) is 0 Å². The third-order valence-electron chi connectivity index (χ3n) is 4.15. The van der Waals surface area contributed by atoms with Crippen molar-refractivity contribution in [2.45, 2.75) is 31.7 Å². The molecule has 23 heavy (non-hydrogen) atoms. The van der Waals surface area contributed by atoms with Crippen LogP contribution in [0.25, 0.3) is 0 Å². The number of nitrogens with zero attached hydrogens (tertiary/aromatic N) is 2. The minimum absolute atomic E-state index is 0.0245. The molecular formula is C17H20FN3OS. The molecule has 2 aromatic rings. The Morgan fingerprint density at radius 3 is 3.13 bits per heavy atom. The Bertz CT molecular complexity index is 647. The zero-order chi connectivity index (χ0) is 16.1. The number of halogens is 1. The molecule has 4 nitrogen and oxygen atoms in total. The molecule has 0 bridgehead atoms. The number of likely N-dealkylation sites (tertiary alicyclic amines) is 1. The normalized spacial score (nSPS) is 18.7. The van der Waals surface area contributed by atoms with Crippen molar-refractivity contribution in [2.75, 3.05) is 18.4 Å². The molecule has 122 valence electrons. The topological polar surface area (TPSA) is 45.2 Å². The van der Waals surface area contributed by atoms with Crippen LogP contribution < -0.4 is 5.32 Å². The average molecular weight is 333 g/mol. The highest BCUT2D eigenvalue weighted by Gasteiger charge is 2.24. The monoisotopic (exact) mass is 333 g/mol. The minimum atomic E-state index is -0.200. The van der Waals surface area contributed by atoms with Crippen LogP contribution in [0.15, 0.2) is 35.8 Å². The molecule has 1 aromatic heterocycles. The van der Waals surface area contributed by atoms with Gasteiger partial charge >= 0.3 is 0 Å². The summed E-state index contributed by atoms with van der Waals surface area (Å²) in [5, 5.41) is 5.28. The van der Waals surface area contributed by atoms with Gasteiger partial charge in [0.2, 0.25) is 5.91 Å². The fraction of sp³-hybridized carbons (Fsp3) is 0.412. The number of amides is 1. The lowest BCUT2D eigenvalue weighted by molar-refractivity contribution is -0.116. The number of nitrogens with one attached hydrogen (secondary N) is 1. The summed E-state index contributed by atoms with van der Waals surface area (Å²) in [4.78, 5) is 18.4. The zero-order valence-electron chi connectivity index (χ0n) is 12.9. The van der Waals surface area contributed by atoms with Crippen LogP contribution in [0, 0.1) is 5.82 Å². The third-order valence-corrected chi connectivity index (χ3v) is 4.84. The molecule has 0 unspecified atom stereocenters. The van der Waals surface area contributed by atoms with Gasteiger partial charge < -0.3 is 5.32 Å². The SMILES string of the molecule is O=C(CCN1CCCC[C@H]1c1cccc(F)c1)Nc1nccs1. The van der Waals surface area contributed by atoms with Gasteiger partial charge in [0, 0.05) is 30.6 Å². The summed E-state index contributed by atoms with van der Waals surface area (Å²) in [5.74, 6) is -0.224. The highest BCUT2D eigenvalue weighted by Crippen LogP contribution is 2.31. The van der Waals surface area contributed by atoms with Gasteiger partial charge in [0.1, 0.15) is 5.82 Å². The predicted octanol–water partition coefficient (Wildman–Crippen LogP) is 3.84. The highest BCUT2D eigenvalue weighted by molar-refractivity contribution is 7.13. The van der Waals surface area contributed by atoms with Crippen LogP contribution in [0.5, 0.6) is 0 Å². The first kappa shape index (κ1) is 16.1. The van der Waals surface area contributed by atoms with Gasteiger partial charge in [-0.15, -0.1) is 11.3 Å². The van der Waals surface area contributed by atoms with Crippen LogP contribution in [0.3, 0.4) is 0 Å². The summed E-state index contributed by atoms with van der Waals surface area (Å²) in [6, 6.07) is 7.01. The first-order valence-electron chi connectivity index (χ1n) is 7.91. The lowest BCUT2D eigenvalue weighted by Gasteiger charge is -2.36. The fourth-order valence-corrected chi connectivity index (χ4v) is 3.61. The number of carbonyl (C=O) groups excluding carboxylic acids is 1. The standard InChI is InChI=1S/C17H20FN3OS/c18-14-5-3-4-13(12-14)15-6-1-2-9-21(15)10-7-16(22)20-17-19-8-11-23-17/h3-5,8,11-12,15H,1-2,6-7,9-10H2,(H,19,20,22)/t15-/m0/s1. The van der Waals surface area contributed by atoms with E-state index < -0.39 is 0 Å².